The number of aromatic nitrogens is 2. The highest BCUT2D eigenvalue weighted by Gasteiger charge is 2.47. The van der Waals surface area contributed by atoms with Crippen LogP contribution in [-0.4, -0.2) is 81.7 Å². The minimum absolute atomic E-state index is 0.102. The summed E-state index contributed by atoms with van der Waals surface area (Å²) in [7, 11) is 0. The molecule has 5 heterocycles. The van der Waals surface area contributed by atoms with Crippen LogP contribution in [0.5, 0.6) is 0 Å². The maximum atomic E-state index is 13.4. The van der Waals surface area contributed by atoms with Crippen LogP contribution >= 0.6 is 15.9 Å². The van der Waals surface area contributed by atoms with Crippen molar-refractivity contribution in [3.05, 3.63) is 97.5 Å². The topological polar surface area (TPSA) is 125 Å². The summed E-state index contributed by atoms with van der Waals surface area (Å²) in [5.74, 6) is 0.164. The molecule has 1 N–H and O–H groups in total. The van der Waals surface area contributed by atoms with Gasteiger partial charge < -0.3 is 4.90 Å². The van der Waals surface area contributed by atoms with Gasteiger partial charge in [0.1, 0.15) is 11.9 Å². The van der Waals surface area contributed by atoms with Crippen molar-refractivity contribution in [2.75, 3.05) is 37.6 Å². The highest BCUT2D eigenvalue weighted by atomic mass is 79.9. The Hall–Kier alpha value is -4.68. The van der Waals surface area contributed by atoms with Gasteiger partial charge in [-0.05, 0) is 120 Å². The van der Waals surface area contributed by atoms with Crippen molar-refractivity contribution in [3.63, 3.8) is 0 Å². The van der Waals surface area contributed by atoms with Crippen LogP contribution in [-0.2, 0) is 15.0 Å². The average Bonchev–Trinajstić information content (AvgIpc) is 3.61. The van der Waals surface area contributed by atoms with E-state index in [0.717, 1.165) is 97.6 Å². The van der Waals surface area contributed by atoms with Crippen molar-refractivity contribution in [2.24, 2.45) is 5.92 Å². The number of anilines is 1. The molecular weight excluding hydrogens is 772 g/mol. The zero-order chi connectivity index (χ0) is 38.3. The summed E-state index contributed by atoms with van der Waals surface area (Å²) >= 11 is 3.65. The number of piperazine rings is 1. The molecule has 1 atom stereocenters. The normalized spacial score (nSPS) is 24.8. The molecule has 0 bridgehead atoms. The first-order chi connectivity index (χ1) is 27.2. The van der Waals surface area contributed by atoms with E-state index in [1.165, 1.54) is 36.1 Å². The lowest BCUT2D eigenvalue weighted by atomic mass is 9.69. The van der Waals surface area contributed by atoms with E-state index in [2.05, 4.69) is 59.9 Å². The number of imide groups is 2. The van der Waals surface area contributed by atoms with Gasteiger partial charge in [-0.1, -0.05) is 37.5 Å². The van der Waals surface area contributed by atoms with Gasteiger partial charge in [0.2, 0.25) is 11.8 Å². The number of piperidine rings is 1. The molecule has 11 nitrogen and oxygen atoms in total. The van der Waals surface area contributed by atoms with E-state index in [-0.39, 0.29) is 29.7 Å². The molecule has 4 fully saturated rings. The molecule has 2 saturated heterocycles. The minimum atomic E-state index is -0.962. The lowest BCUT2D eigenvalue weighted by Gasteiger charge is -2.39. The molecule has 4 aliphatic heterocycles. The van der Waals surface area contributed by atoms with Gasteiger partial charge in [0.05, 0.1) is 33.1 Å². The Morgan fingerprint density at radius 1 is 0.804 bits per heavy atom. The van der Waals surface area contributed by atoms with Gasteiger partial charge in [-0.15, -0.1) is 0 Å². The Morgan fingerprint density at radius 2 is 1.57 bits per heavy atom. The fraction of sp³-hybridized carbons (Fsp3) is 0.455. The SMILES string of the molecule is O=C1CCC(N2C(=O)c3ccc(N4CCN(CC5CCC(c6ccc7c(c6)-n6c(nc(=O)c8c(Br)cccc86)C76CCCCC6)CC5)CC4)cc3C2=O)C(=O)N1. The molecule has 1 unspecified atom stereocenters. The van der Waals surface area contributed by atoms with E-state index in [0.29, 0.717) is 28.3 Å². The molecule has 6 aliphatic rings. The summed E-state index contributed by atoms with van der Waals surface area (Å²) in [6.07, 6.45) is 10.5. The van der Waals surface area contributed by atoms with E-state index in [1.807, 2.05) is 18.2 Å². The van der Waals surface area contributed by atoms with Crippen LogP contribution in [0.3, 0.4) is 0 Å². The maximum absolute atomic E-state index is 13.4. The van der Waals surface area contributed by atoms with Crippen molar-refractivity contribution in [1.82, 2.24) is 24.7 Å². The molecule has 4 aromatic rings. The third-order valence-electron chi connectivity index (χ3n) is 13.8. The van der Waals surface area contributed by atoms with E-state index < -0.39 is 23.8 Å². The number of nitrogens with one attached hydrogen (secondary N) is 1. The van der Waals surface area contributed by atoms with Gasteiger partial charge >= 0.3 is 0 Å². The van der Waals surface area contributed by atoms with Crippen LogP contribution in [0, 0.1) is 5.92 Å². The average molecular weight is 818 g/mol. The number of hydrogen-bond acceptors (Lipinski definition) is 8. The van der Waals surface area contributed by atoms with Crippen LogP contribution in [0.25, 0.3) is 16.6 Å². The fourth-order valence-corrected chi connectivity index (χ4v) is 11.4. The van der Waals surface area contributed by atoms with Gasteiger partial charge in [-0.25, -0.2) is 0 Å². The van der Waals surface area contributed by atoms with Crippen LogP contribution in [0.2, 0.25) is 0 Å². The number of amides is 4. The fourth-order valence-electron chi connectivity index (χ4n) is 10.8. The van der Waals surface area contributed by atoms with Crippen LogP contribution in [0.4, 0.5) is 5.69 Å². The smallest absolute Gasteiger partial charge is 0.281 e. The van der Waals surface area contributed by atoms with Gasteiger partial charge in [0.15, 0.2) is 0 Å². The molecule has 288 valence electrons. The summed E-state index contributed by atoms with van der Waals surface area (Å²) in [4.78, 5) is 74.8. The number of rotatable bonds is 5. The molecule has 4 amide bonds. The molecule has 12 heteroatoms. The quantitative estimate of drug-likeness (QED) is 0.236. The van der Waals surface area contributed by atoms with Gasteiger partial charge in [-0.2, -0.15) is 4.98 Å². The van der Waals surface area contributed by atoms with Crippen LogP contribution < -0.4 is 15.8 Å². The van der Waals surface area contributed by atoms with E-state index >= 15 is 0 Å². The summed E-state index contributed by atoms with van der Waals surface area (Å²) in [5.41, 5.74) is 6.08. The number of carbonyl (C=O) groups excluding carboxylic acids is 4. The lowest BCUT2D eigenvalue weighted by molar-refractivity contribution is -0.136. The lowest BCUT2D eigenvalue weighted by Crippen LogP contribution is -2.54. The van der Waals surface area contributed by atoms with E-state index in [9.17, 15) is 24.0 Å². The monoisotopic (exact) mass is 816 g/mol. The zero-order valence-electron chi connectivity index (χ0n) is 31.4. The first-order valence-electron chi connectivity index (χ1n) is 20.4. The number of benzene rings is 3. The van der Waals surface area contributed by atoms with Gasteiger partial charge in [0, 0.05) is 49.3 Å². The highest BCUT2D eigenvalue weighted by Crippen LogP contribution is 2.52. The predicted molar refractivity (Wildman–Crippen MR) is 215 cm³/mol. The summed E-state index contributed by atoms with van der Waals surface area (Å²) < 4.78 is 3.11. The first-order valence-corrected chi connectivity index (χ1v) is 21.2. The van der Waals surface area contributed by atoms with Crippen LogP contribution in [0.15, 0.2) is 63.9 Å². The molecule has 2 aliphatic carbocycles. The number of halogens is 1. The maximum Gasteiger partial charge on any atom is 0.281 e. The zero-order valence-corrected chi connectivity index (χ0v) is 33.0. The molecule has 1 aromatic heterocycles. The Kier molecular flexibility index (Phi) is 8.77. The second-order valence-electron chi connectivity index (χ2n) is 16.8. The largest absolute Gasteiger partial charge is 0.369 e. The number of nitrogens with zero attached hydrogens (tertiary/aromatic N) is 5. The highest BCUT2D eigenvalue weighted by molar-refractivity contribution is 9.10. The van der Waals surface area contributed by atoms with Crippen molar-refractivity contribution < 1.29 is 19.2 Å². The van der Waals surface area contributed by atoms with Crippen molar-refractivity contribution in [3.8, 4) is 5.69 Å². The van der Waals surface area contributed by atoms with Crippen molar-refractivity contribution in [2.45, 2.75) is 88.0 Å². The standard InChI is InChI=1S/C44H45BrN6O5/c45-33-5-4-6-34-38(33)40(54)47-43-44(17-2-1-3-18-44)32-14-11-28(23-36(32)50(34)43)27-9-7-26(8-10-27)25-48-19-21-49(22-20-48)29-12-13-30-31(24-29)42(56)51(41(30)55)35-15-16-37(52)46-39(35)53/h4-6,11-14,23-24,26-27,35H,1-3,7-10,15-22,25H2,(H,46,52,53). The Balaban J connectivity index is 0.790. The van der Waals surface area contributed by atoms with Gasteiger partial charge in [0.25, 0.3) is 17.4 Å². The number of carbonyl (C=O) groups is 4. The Labute approximate surface area is 333 Å². The third kappa shape index (κ3) is 5.69. The number of hydrogen-bond donors (Lipinski definition) is 1. The Morgan fingerprint density at radius 3 is 2.34 bits per heavy atom. The second kappa shape index (κ2) is 13.8. The molecule has 10 rings (SSSR count). The predicted octanol–water partition coefficient (Wildman–Crippen LogP) is 6.21. The molecule has 1 spiro atoms. The summed E-state index contributed by atoms with van der Waals surface area (Å²) in [6, 6.07) is 17.6. The van der Waals surface area contributed by atoms with Crippen molar-refractivity contribution in [1.29, 1.82) is 0 Å². The Bertz CT molecular complexity index is 2390. The molecular formula is C44H45BrN6O5. The third-order valence-corrected chi connectivity index (χ3v) is 14.4. The molecule has 56 heavy (non-hydrogen) atoms. The number of fused-ring (bicyclic) bond motifs is 8. The molecule has 3 aromatic carbocycles. The van der Waals surface area contributed by atoms with Gasteiger partial charge in [-0.3, -0.25) is 43.7 Å². The first kappa shape index (κ1) is 35.7. The van der Waals surface area contributed by atoms with Crippen molar-refractivity contribution >= 4 is 56.1 Å². The molecule has 2 saturated carbocycles. The van der Waals surface area contributed by atoms with E-state index in [1.54, 1.807) is 12.1 Å². The second-order valence-corrected chi connectivity index (χ2v) is 17.7. The molecule has 0 radical (unpaired) electrons. The van der Waals surface area contributed by atoms with E-state index in [4.69, 9.17) is 4.98 Å². The summed E-state index contributed by atoms with van der Waals surface area (Å²) in [5, 5.41) is 2.91. The minimum Gasteiger partial charge on any atom is -0.369 e. The van der Waals surface area contributed by atoms with Crippen LogP contribution in [0.1, 0.15) is 114 Å². The summed E-state index contributed by atoms with van der Waals surface area (Å²) in [6.45, 7) is 4.60.